The van der Waals surface area contributed by atoms with E-state index < -0.39 is 5.97 Å². The van der Waals surface area contributed by atoms with Crippen LogP contribution < -0.4 is 10.6 Å². The number of carboxylic acids is 1. The molecule has 0 aliphatic heterocycles. The standard InChI is InChI=1S/C31H58N2O8/c1-28(34)16-12-10-8-6-4-2-3-5-7-9-11-13-17-29(35)32-20-14-22-39-24-26-41-27-25-40-23-15-21-33-30(36)18-19-31(37)38/h2-27H2,1H3,(H,32,35)(H,33,36)(H,37,38). The van der Waals surface area contributed by atoms with E-state index in [9.17, 15) is 19.2 Å². The van der Waals surface area contributed by atoms with E-state index in [1.54, 1.807) is 6.92 Å². The zero-order chi connectivity index (χ0) is 30.2. The molecule has 240 valence electrons. The van der Waals surface area contributed by atoms with Gasteiger partial charge in [-0.3, -0.25) is 14.4 Å². The van der Waals surface area contributed by atoms with Crippen molar-refractivity contribution >= 4 is 23.6 Å². The minimum atomic E-state index is -0.978. The number of Topliss-reactive ketones (excluding diaryl/α,β-unsaturated/α-hetero) is 1. The normalized spacial score (nSPS) is 11.0. The smallest absolute Gasteiger partial charge is 0.303 e. The monoisotopic (exact) mass is 586 g/mol. The van der Waals surface area contributed by atoms with Crippen LogP contribution in [-0.4, -0.2) is 81.4 Å². The lowest BCUT2D eigenvalue weighted by atomic mass is 10.0. The fraction of sp³-hybridized carbons (Fsp3) is 0.871. The summed E-state index contributed by atoms with van der Waals surface area (Å²) in [6, 6.07) is 0. The number of nitrogens with one attached hydrogen (secondary N) is 2. The van der Waals surface area contributed by atoms with Gasteiger partial charge >= 0.3 is 5.97 Å². The van der Waals surface area contributed by atoms with Crippen LogP contribution in [0.5, 0.6) is 0 Å². The first-order valence-corrected chi connectivity index (χ1v) is 15.9. The van der Waals surface area contributed by atoms with Gasteiger partial charge in [0.05, 0.1) is 32.8 Å². The molecule has 0 radical (unpaired) electrons. The van der Waals surface area contributed by atoms with E-state index in [4.69, 9.17) is 19.3 Å². The molecular formula is C31H58N2O8. The lowest BCUT2D eigenvalue weighted by Crippen LogP contribution is -2.25. The molecule has 0 aromatic heterocycles. The van der Waals surface area contributed by atoms with Crippen LogP contribution in [-0.2, 0) is 33.4 Å². The fourth-order valence-corrected chi connectivity index (χ4v) is 4.17. The van der Waals surface area contributed by atoms with E-state index in [0.717, 1.165) is 32.1 Å². The van der Waals surface area contributed by atoms with E-state index in [0.29, 0.717) is 71.4 Å². The van der Waals surface area contributed by atoms with E-state index in [1.807, 2.05) is 0 Å². The summed E-state index contributed by atoms with van der Waals surface area (Å²) in [6.45, 7) is 5.75. The van der Waals surface area contributed by atoms with Crippen molar-refractivity contribution in [3.05, 3.63) is 0 Å². The Hall–Kier alpha value is -2.04. The Labute approximate surface area is 248 Å². The highest BCUT2D eigenvalue weighted by atomic mass is 16.5. The van der Waals surface area contributed by atoms with Crippen molar-refractivity contribution in [2.24, 2.45) is 0 Å². The molecule has 0 rings (SSSR count). The molecule has 2 amide bonds. The lowest BCUT2D eigenvalue weighted by molar-refractivity contribution is -0.138. The summed E-state index contributed by atoms with van der Waals surface area (Å²) in [4.78, 5) is 44.6. The number of rotatable bonds is 32. The minimum Gasteiger partial charge on any atom is -0.481 e. The van der Waals surface area contributed by atoms with Gasteiger partial charge in [0.25, 0.3) is 0 Å². The molecule has 0 saturated carbocycles. The highest BCUT2D eigenvalue weighted by molar-refractivity contribution is 5.80. The molecule has 10 heteroatoms. The van der Waals surface area contributed by atoms with Crippen LogP contribution in [0.4, 0.5) is 0 Å². The molecule has 0 bridgehead atoms. The van der Waals surface area contributed by atoms with Crippen molar-refractivity contribution in [2.45, 2.75) is 122 Å². The first kappa shape index (κ1) is 39.0. The van der Waals surface area contributed by atoms with Crippen LogP contribution in [0.1, 0.15) is 122 Å². The topological polar surface area (TPSA) is 140 Å². The average Bonchev–Trinajstić information content (AvgIpc) is 2.93. The molecule has 0 aromatic carbocycles. The minimum absolute atomic E-state index is 0.00461. The molecule has 10 nitrogen and oxygen atoms in total. The lowest BCUT2D eigenvalue weighted by Gasteiger charge is -2.08. The molecular weight excluding hydrogens is 528 g/mol. The van der Waals surface area contributed by atoms with Crippen LogP contribution in [0.25, 0.3) is 0 Å². The summed E-state index contributed by atoms with van der Waals surface area (Å²) in [6.07, 6.45) is 17.1. The predicted octanol–water partition coefficient (Wildman–Crippen LogP) is 4.96. The van der Waals surface area contributed by atoms with Gasteiger partial charge in [-0.1, -0.05) is 64.2 Å². The van der Waals surface area contributed by atoms with Gasteiger partial charge < -0.3 is 34.7 Å². The highest BCUT2D eigenvalue weighted by Crippen LogP contribution is 2.13. The van der Waals surface area contributed by atoms with Crippen molar-refractivity contribution in [3.63, 3.8) is 0 Å². The number of carboxylic acid groups (broad SMARTS) is 1. The number of carbonyl (C=O) groups excluding carboxylic acids is 3. The molecule has 0 saturated heterocycles. The van der Waals surface area contributed by atoms with Gasteiger partial charge in [-0.15, -0.1) is 0 Å². The number of ketones is 1. The second-order valence-electron chi connectivity index (χ2n) is 10.6. The maximum absolute atomic E-state index is 11.9. The second kappa shape index (κ2) is 30.9. The highest BCUT2D eigenvalue weighted by Gasteiger charge is 2.04. The Morgan fingerprint density at radius 1 is 0.463 bits per heavy atom. The molecule has 0 aliphatic carbocycles. The second-order valence-corrected chi connectivity index (χ2v) is 10.6. The van der Waals surface area contributed by atoms with Gasteiger partial charge in [0.2, 0.25) is 11.8 Å². The van der Waals surface area contributed by atoms with E-state index in [-0.39, 0.29) is 24.7 Å². The Morgan fingerprint density at radius 2 is 0.829 bits per heavy atom. The summed E-state index contributed by atoms with van der Waals surface area (Å²) in [5.41, 5.74) is 0. The van der Waals surface area contributed by atoms with Gasteiger partial charge in [0.1, 0.15) is 5.78 Å². The van der Waals surface area contributed by atoms with Crippen LogP contribution in [0.2, 0.25) is 0 Å². The molecule has 41 heavy (non-hydrogen) atoms. The fourth-order valence-electron chi connectivity index (χ4n) is 4.17. The van der Waals surface area contributed by atoms with Gasteiger partial charge in [-0.25, -0.2) is 0 Å². The maximum atomic E-state index is 11.9. The summed E-state index contributed by atoms with van der Waals surface area (Å²) < 4.78 is 16.4. The van der Waals surface area contributed by atoms with Crippen LogP contribution >= 0.6 is 0 Å². The number of amides is 2. The largest absolute Gasteiger partial charge is 0.481 e. The quantitative estimate of drug-likeness (QED) is 0.0940. The average molecular weight is 587 g/mol. The Bertz CT molecular complexity index is 660. The molecule has 0 fully saturated rings. The Kier molecular flexibility index (Phi) is 29.4. The Balaban J connectivity index is 3.21. The predicted molar refractivity (Wildman–Crippen MR) is 160 cm³/mol. The number of ether oxygens (including phenoxy) is 3. The number of carbonyl (C=O) groups is 4. The summed E-state index contributed by atoms with van der Waals surface area (Å²) in [7, 11) is 0. The zero-order valence-electron chi connectivity index (χ0n) is 25.7. The van der Waals surface area contributed by atoms with Crippen molar-refractivity contribution in [1.82, 2.24) is 10.6 Å². The van der Waals surface area contributed by atoms with Crippen molar-refractivity contribution in [2.75, 3.05) is 52.7 Å². The molecule has 0 spiro atoms. The zero-order valence-corrected chi connectivity index (χ0v) is 25.7. The first-order valence-electron chi connectivity index (χ1n) is 15.9. The molecule has 0 aliphatic rings. The Morgan fingerprint density at radius 3 is 1.24 bits per heavy atom. The number of aliphatic carboxylic acids is 1. The van der Waals surface area contributed by atoms with Crippen molar-refractivity contribution in [3.8, 4) is 0 Å². The first-order chi connectivity index (χ1) is 19.9. The summed E-state index contributed by atoms with van der Waals surface area (Å²) in [5.74, 6) is -0.811. The van der Waals surface area contributed by atoms with Crippen molar-refractivity contribution in [1.29, 1.82) is 0 Å². The maximum Gasteiger partial charge on any atom is 0.303 e. The van der Waals surface area contributed by atoms with Crippen molar-refractivity contribution < 1.29 is 38.5 Å². The van der Waals surface area contributed by atoms with Gasteiger partial charge in [-0.2, -0.15) is 0 Å². The van der Waals surface area contributed by atoms with Gasteiger partial charge in [-0.05, 0) is 32.6 Å². The summed E-state index contributed by atoms with van der Waals surface area (Å²) >= 11 is 0. The third kappa shape index (κ3) is 34.1. The number of unbranched alkanes of at least 4 members (excludes halogenated alkanes) is 11. The van der Waals surface area contributed by atoms with Crippen LogP contribution in [0, 0.1) is 0 Å². The van der Waals surface area contributed by atoms with E-state index in [1.165, 1.54) is 57.8 Å². The van der Waals surface area contributed by atoms with Crippen LogP contribution in [0.15, 0.2) is 0 Å². The summed E-state index contributed by atoms with van der Waals surface area (Å²) in [5, 5.41) is 14.1. The molecule has 0 unspecified atom stereocenters. The third-order valence-corrected chi connectivity index (χ3v) is 6.57. The number of hydrogen-bond donors (Lipinski definition) is 3. The molecule has 3 N–H and O–H groups in total. The molecule has 0 aromatic rings. The van der Waals surface area contributed by atoms with Gasteiger partial charge in [0.15, 0.2) is 0 Å². The molecule has 0 heterocycles. The third-order valence-electron chi connectivity index (χ3n) is 6.57. The van der Waals surface area contributed by atoms with Gasteiger partial charge in [0, 0.05) is 45.6 Å². The SMILES string of the molecule is CC(=O)CCCCCCCCCCCCCCC(=O)NCCCOCCOCCOCCCNC(=O)CCC(=O)O. The molecule has 0 atom stereocenters. The van der Waals surface area contributed by atoms with E-state index in [2.05, 4.69) is 10.6 Å². The number of hydrogen-bond acceptors (Lipinski definition) is 7. The van der Waals surface area contributed by atoms with Crippen LogP contribution in [0.3, 0.4) is 0 Å². The van der Waals surface area contributed by atoms with E-state index >= 15 is 0 Å².